The number of fused-ring (bicyclic) bond motifs is 3. The van der Waals surface area contributed by atoms with Crippen LogP contribution in [-0.2, 0) is 17.6 Å². The molecule has 0 bridgehead atoms. The molecule has 1 amide bonds. The van der Waals surface area contributed by atoms with Gasteiger partial charge in [0.05, 0.1) is 19.4 Å². The minimum atomic E-state index is -1.25. The fraction of sp³-hybridized carbons (Fsp3) is 0.320. The second-order valence-electron chi connectivity index (χ2n) is 8.36. The molecule has 0 aromatic heterocycles. The van der Waals surface area contributed by atoms with Crippen molar-refractivity contribution in [2.45, 2.75) is 31.4 Å². The van der Waals surface area contributed by atoms with Crippen LogP contribution >= 0.6 is 0 Å². The molecule has 5 rings (SSSR count). The van der Waals surface area contributed by atoms with Gasteiger partial charge in [-0.15, -0.1) is 0 Å². The molecular weight excluding hydrogens is 409 g/mol. The van der Waals surface area contributed by atoms with E-state index in [9.17, 15) is 19.4 Å². The molecule has 2 N–H and O–H groups in total. The van der Waals surface area contributed by atoms with E-state index in [1.807, 2.05) is 29.3 Å². The number of aliphatic hydroxyl groups excluding tert-OH is 2. The first-order valence-corrected chi connectivity index (χ1v) is 11.0. The maximum atomic E-state index is 13.2. The normalized spacial score (nSPS) is 21.3. The van der Waals surface area contributed by atoms with E-state index in [2.05, 4.69) is 24.3 Å². The lowest BCUT2D eigenvalue weighted by Gasteiger charge is -2.49. The maximum Gasteiger partial charge on any atom is 0.276 e. The van der Waals surface area contributed by atoms with Crippen LogP contribution in [0.2, 0.25) is 0 Å². The lowest BCUT2D eigenvalue weighted by Crippen LogP contribution is -2.58. The average Bonchev–Trinajstić information content (AvgIpc) is 2.98. The minimum absolute atomic E-state index is 0.0179. The number of halogens is 1. The van der Waals surface area contributed by atoms with Gasteiger partial charge in [0.15, 0.2) is 11.5 Å². The van der Waals surface area contributed by atoms with Gasteiger partial charge in [0.2, 0.25) is 0 Å². The predicted molar refractivity (Wildman–Crippen MR) is 118 cm³/mol. The van der Waals surface area contributed by atoms with Crippen molar-refractivity contribution in [2.75, 3.05) is 19.9 Å². The van der Waals surface area contributed by atoms with Crippen LogP contribution in [-0.4, -0.2) is 57.0 Å². The van der Waals surface area contributed by atoms with E-state index < -0.39 is 18.7 Å². The van der Waals surface area contributed by atoms with E-state index >= 15 is 0 Å². The molecule has 0 radical (unpaired) electrons. The Morgan fingerprint density at radius 3 is 2.25 bits per heavy atom. The summed E-state index contributed by atoms with van der Waals surface area (Å²) in [5.74, 6) is -0.798. The Labute approximate surface area is 186 Å². The van der Waals surface area contributed by atoms with Crippen molar-refractivity contribution in [3.8, 4) is 0 Å². The molecule has 0 saturated carbocycles. The summed E-state index contributed by atoms with van der Waals surface area (Å²) in [4.78, 5) is 14.7. The molecule has 2 aliphatic heterocycles. The SMILES string of the molecule is O=C1C2=C(O)C(O)C=CN2N(C2c3ccccc3CCc3ccccc32)CN1CCCF. The first-order chi connectivity index (χ1) is 15.6. The Balaban J connectivity index is 1.67. The Bertz CT molecular complexity index is 1050. The third-order valence-electron chi connectivity index (χ3n) is 6.47. The second kappa shape index (κ2) is 8.41. The van der Waals surface area contributed by atoms with Crippen molar-refractivity contribution in [3.05, 3.63) is 94.5 Å². The summed E-state index contributed by atoms with van der Waals surface area (Å²) >= 11 is 0. The molecule has 2 aromatic carbocycles. The molecule has 7 heteroatoms. The molecule has 32 heavy (non-hydrogen) atoms. The smallest absolute Gasteiger partial charge is 0.276 e. The number of hydrogen-bond donors (Lipinski definition) is 2. The number of alkyl halides is 1. The Morgan fingerprint density at radius 2 is 1.62 bits per heavy atom. The molecular formula is C25H26FN3O3. The lowest BCUT2D eigenvalue weighted by atomic mass is 9.93. The van der Waals surface area contributed by atoms with Crippen LogP contribution in [0.15, 0.2) is 72.3 Å². The third-order valence-corrected chi connectivity index (χ3v) is 6.47. The number of benzene rings is 2. The fourth-order valence-electron chi connectivity index (χ4n) is 4.91. The molecule has 1 saturated heterocycles. The average molecular weight is 435 g/mol. The number of nitrogens with zero attached hydrogens (tertiary/aromatic N) is 3. The van der Waals surface area contributed by atoms with E-state index in [1.165, 1.54) is 17.2 Å². The van der Waals surface area contributed by atoms with Crippen LogP contribution in [0.4, 0.5) is 4.39 Å². The minimum Gasteiger partial charge on any atom is -0.507 e. The monoisotopic (exact) mass is 435 g/mol. The number of amides is 1. The molecule has 6 nitrogen and oxygen atoms in total. The number of hydrazine groups is 1. The molecule has 1 fully saturated rings. The van der Waals surface area contributed by atoms with Gasteiger partial charge in [0, 0.05) is 12.7 Å². The van der Waals surface area contributed by atoms with E-state index in [1.54, 1.807) is 16.1 Å². The number of aryl methyl sites for hydroxylation is 2. The van der Waals surface area contributed by atoms with Crippen molar-refractivity contribution in [2.24, 2.45) is 0 Å². The van der Waals surface area contributed by atoms with Gasteiger partial charge in [-0.2, -0.15) is 5.01 Å². The summed E-state index contributed by atoms with van der Waals surface area (Å²) in [6.45, 7) is -0.0637. The van der Waals surface area contributed by atoms with Crippen LogP contribution in [0, 0.1) is 0 Å². The Kier molecular flexibility index (Phi) is 5.45. The predicted octanol–water partition coefficient (Wildman–Crippen LogP) is 3.21. The van der Waals surface area contributed by atoms with Gasteiger partial charge < -0.3 is 15.1 Å². The summed E-state index contributed by atoms with van der Waals surface area (Å²) in [6, 6.07) is 16.4. The highest BCUT2D eigenvalue weighted by molar-refractivity contribution is 5.94. The standard InChI is InChI=1S/C25H26FN3O3/c26-13-5-14-27-16-29(28-15-12-21(30)24(31)23(28)25(27)32)22-19-8-3-1-6-17(19)10-11-18-7-2-4-9-20(18)22/h1-4,6-9,12,15,21-22,30-31H,5,10-11,13-14,16H2. The van der Waals surface area contributed by atoms with Gasteiger partial charge in [0.1, 0.15) is 6.10 Å². The molecule has 2 heterocycles. The summed E-state index contributed by atoms with van der Waals surface area (Å²) in [7, 11) is 0. The van der Waals surface area contributed by atoms with E-state index in [-0.39, 0.29) is 37.1 Å². The van der Waals surface area contributed by atoms with E-state index in [0.717, 1.165) is 24.0 Å². The Hall–Kier alpha value is -3.16. The zero-order chi connectivity index (χ0) is 22.2. The van der Waals surface area contributed by atoms with Crippen LogP contribution in [0.3, 0.4) is 0 Å². The lowest BCUT2D eigenvalue weighted by molar-refractivity contribution is -0.150. The molecule has 1 unspecified atom stereocenters. The summed E-state index contributed by atoms with van der Waals surface area (Å²) in [5.41, 5.74) is 4.75. The highest BCUT2D eigenvalue weighted by Crippen LogP contribution is 2.41. The van der Waals surface area contributed by atoms with Crippen molar-refractivity contribution in [3.63, 3.8) is 0 Å². The quantitative estimate of drug-likeness (QED) is 0.772. The molecule has 1 aliphatic carbocycles. The van der Waals surface area contributed by atoms with Gasteiger partial charge in [-0.3, -0.25) is 14.2 Å². The first kappa shape index (κ1) is 20.7. The largest absolute Gasteiger partial charge is 0.507 e. The van der Waals surface area contributed by atoms with Crippen LogP contribution in [0.1, 0.15) is 34.7 Å². The van der Waals surface area contributed by atoms with Gasteiger partial charge in [0.25, 0.3) is 5.91 Å². The number of rotatable bonds is 4. The van der Waals surface area contributed by atoms with Crippen molar-refractivity contribution in [1.82, 2.24) is 14.9 Å². The second-order valence-corrected chi connectivity index (χ2v) is 8.36. The van der Waals surface area contributed by atoms with Crippen molar-refractivity contribution in [1.29, 1.82) is 0 Å². The molecule has 2 aromatic rings. The molecule has 1 atom stereocenters. The summed E-state index contributed by atoms with van der Waals surface area (Å²) in [5, 5.41) is 24.5. The van der Waals surface area contributed by atoms with Crippen molar-refractivity contribution >= 4 is 5.91 Å². The molecule has 3 aliphatic rings. The Morgan fingerprint density at radius 1 is 1.00 bits per heavy atom. The van der Waals surface area contributed by atoms with Crippen LogP contribution < -0.4 is 0 Å². The summed E-state index contributed by atoms with van der Waals surface area (Å²) < 4.78 is 13.0. The molecule has 166 valence electrons. The van der Waals surface area contributed by atoms with E-state index in [4.69, 9.17) is 0 Å². The summed E-state index contributed by atoms with van der Waals surface area (Å²) in [6.07, 6.45) is 3.88. The zero-order valence-corrected chi connectivity index (χ0v) is 17.7. The zero-order valence-electron chi connectivity index (χ0n) is 17.7. The van der Waals surface area contributed by atoms with E-state index in [0.29, 0.717) is 0 Å². The highest BCUT2D eigenvalue weighted by Gasteiger charge is 2.43. The highest BCUT2D eigenvalue weighted by atomic mass is 19.1. The van der Waals surface area contributed by atoms with Crippen LogP contribution in [0.25, 0.3) is 0 Å². The van der Waals surface area contributed by atoms with Gasteiger partial charge >= 0.3 is 0 Å². The number of carbonyl (C=O) groups is 1. The fourth-order valence-corrected chi connectivity index (χ4v) is 4.91. The maximum absolute atomic E-state index is 13.2. The third kappa shape index (κ3) is 3.38. The molecule has 0 spiro atoms. The van der Waals surface area contributed by atoms with Gasteiger partial charge in [-0.05, 0) is 47.6 Å². The number of aliphatic hydroxyl groups is 2. The number of hydrogen-bond acceptors (Lipinski definition) is 5. The number of carbonyl (C=O) groups excluding carboxylic acids is 1. The topological polar surface area (TPSA) is 67.2 Å². The van der Waals surface area contributed by atoms with Crippen LogP contribution in [0.5, 0.6) is 0 Å². The van der Waals surface area contributed by atoms with Crippen molar-refractivity contribution < 1.29 is 19.4 Å². The van der Waals surface area contributed by atoms with Gasteiger partial charge in [-0.25, -0.2) is 0 Å². The van der Waals surface area contributed by atoms with Gasteiger partial charge in [-0.1, -0.05) is 48.5 Å². The first-order valence-electron chi connectivity index (χ1n) is 11.0.